The molecule has 7 heteroatoms. The van der Waals surface area contributed by atoms with Gasteiger partial charge in [0.25, 0.3) is 0 Å². The summed E-state index contributed by atoms with van der Waals surface area (Å²) in [7, 11) is 1.33. The zero-order chi connectivity index (χ0) is 12.3. The van der Waals surface area contributed by atoms with Crippen LogP contribution in [-0.4, -0.2) is 28.5 Å². The highest BCUT2D eigenvalue weighted by Gasteiger charge is 2.16. The van der Waals surface area contributed by atoms with Crippen molar-refractivity contribution in [2.75, 3.05) is 7.11 Å². The Morgan fingerprint density at radius 1 is 1.65 bits per heavy atom. The van der Waals surface area contributed by atoms with Gasteiger partial charge in [0.15, 0.2) is 0 Å². The fourth-order valence-corrected chi connectivity index (χ4v) is 1.99. The number of nitrogens with zero attached hydrogens (tertiary/aromatic N) is 2. The van der Waals surface area contributed by atoms with E-state index in [4.69, 9.17) is 4.42 Å². The third-order valence-corrected chi connectivity index (χ3v) is 3.02. The van der Waals surface area contributed by atoms with Gasteiger partial charge in [0, 0.05) is 5.56 Å². The molecule has 0 aliphatic carbocycles. The van der Waals surface area contributed by atoms with Crippen LogP contribution in [0, 0.1) is 6.92 Å². The Morgan fingerprint density at radius 3 is 3.12 bits per heavy atom. The van der Waals surface area contributed by atoms with Crippen molar-refractivity contribution in [3.63, 3.8) is 0 Å². The summed E-state index contributed by atoms with van der Waals surface area (Å²) in [5, 5.41) is 10.9. The van der Waals surface area contributed by atoms with Gasteiger partial charge in [-0.3, -0.25) is 0 Å². The fourth-order valence-electron chi connectivity index (χ4n) is 1.32. The molecule has 2 heterocycles. The van der Waals surface area contributed by atoms with Gasteiger partial charge >= 0.3 is 5.97 Å². The van der Waals surface area contributed by atoms with E-state index in [9.17, 15) is 4.79 Å². The van der Waals surface area contributed by atoms with Crippen LogP contribution in [0.3, 0.4) is 0 Å². The maximum absolute atomic E-state index is 11.3. The van der Waals surface area contributed by atoms with E-state index in [-0.39, 0.29) is 5.76 Å². The minimum atomic E-state index is -0.458. The van der Waals surface area contributed by atoms with Gasteiger partial charge in [0.1, 0.15) is 10.8 Å². The molecule has 0 atom stereocenters. The van der Waals surface area contributed by atoms with Gasteiger partial charge in [-0.2, -0.15) is 10.3 Å². The molecule has 0 radical (unpaired) electrons. The number of carbonyl (C=O) groups excluding carboxylic acids is 1. The normalized spacial score (nSPS) is 10.5. The van der Waals surface area contributed by atoms with E-state index in [1.807, 2.05) is 6.07 Å². The molecule has 2 aromatic rings. The van der Waals surface area contributed by atoms with Crippen LogP contribution in [0.5, 0.6) is 0 Å². The molecule has 0 bridgehead atoms. The molecule has 6 nitrogen and oxygen atoms in total. The van der Waals surface area contributed by atoms with Gasteiger partial charge in [0.2, 0.25) is 5.76 Å². The minimum Gasteiger partial charge on any atom is -0.463 e. The molecular weight excluding hydrogens is 242 g/mol. The molecule has 0 unspecified atom stereocenters. The van der Waals surface area contributed by atoms with Gasteiger partial charge in [0.05, 0.1) is 19.1 Å². The van der Waals surface area contributed by atoms with E-state index >= 15 is 0 Å². The Morgan fingerprint density at radius 2 is 2.47 bits per heavy atom. The van der Waals surface area contributed by atoms with Crippen LogP contribution in [0.2, 0.25) is 0 Å². The molecule has 0 aromatic carbocycles. The topological polar surface area (TPSA) is 81.0 Å². The Labute approximate surface area is 102 Å². The number of ether oxygens (including phenoxy) is 1. The molecule has 0 fully saturated rings. The van der Waals surface area contributed by atoms with Gasteiger partial charge in [-0.05, 0) is 13.0 Å². The summed E-state index contributed by atoms with van der Waals surface area (Å²) in [6.07, 6.45) is 1.63. The molecule has 0 saturated carbocycles. The Kier molecular flexibility index (Phi) is 3.48. The molecule has 17 heavy (non-hydrogen) atoms. The summed E-state index contributed by atoms with van der Waals surface area (Å²) in [5.74, 6) is 1.09. The number of aromatic amines is 1. The maximum atomic E-state index is 11.3. The first-order chi connectivity index (χ1) is 8.20. The van der Waals surface area contributed by atoms with Crippen LogP contribution in [0.1, 0.15) is 21.9 Å². The Balaban J connectivity index is 2.05. The lowest BCUT2D eigenvalue weighted by Gasteiger charge is -1.95. The number of aryl methyl sites for hydroxylation is 1. The minimum absolute atomic E-state index is 0.253. The third-order valence-electron chi connectivity index (χ3n) is 2.09. The van der Waals surface area contributed by atoms with Crippen molar-refractivity contribution in [3.05, 3.63) is 29.3 Å². The maximum Gasteiger partial charge on any atom is 0.374 e. The summed E-state index contributed by atoms with van der Waals surface area (Å²) >= 11 is 1.47. The SMILES string of the molecule is COC(=O)c1oc(CSc2cn[nH]n2)cc1C. The highest BCUT2D eigenvalue weighted by Crippen LogP contribution is 2.23. The lowest BCUT2D eigenvalue weighted by atomic mass is 10.3. The average molecular weight is 253 g/mol. The number of H-pyrrole nitrogens is 1. The van der Waals surface area contributed by atoms with Crippen molar-refractivity contribution >= 4 is 17.7 Å². The molecule has 0 saturated heterocycles. The lowest BCUT2D eigenvalue weighted by molar-refractivity contribution is 0.0562. The summed E-state index contributed by atoms with van der Waals surface area (Å²) in [6.45, 7) is 1.81. The second-order valence-corrected chi connectivity index (χ2v) is 4.31. The molecule has 0 aliphatic rings. The van der Waals surface area contributed by atoms with E-state index < -0.39 is 5.97 Å². The van der Waals surface area contributed by atoms with E-state index in [1.54, 1.807) is 13.1 Å². The van der Waals surface area contributed by atoms with Crippen LogP contribution in [0.4, 0.5) is 0 Å². The molecule has 0 spiro atoms. The van der Waals surface area contributed by atoms with Crippen LogP contribution < -0.4 is 0 Å². The van der Waals surface area contributed by atoms with E-state index in [0.717, 1.165) is 10.6 Å². The van der Waals surface area contributed by atoms with Crippen molar-refractivity contribution in [1.29, 1.82) is 0 Å². The predicted molar refractivity (Wildman–Crippen MR) is 60.7 cm³/mol. The average Bonchev–Trinajstić information content (AvgIpc) is 2.94. The van der Waals surface area contributed by atoms with Crippen molar-refractivity contribution < 1.29 is 13.9 Å². The first-order valence-corrected chi connectivity index (χ1v) is 5.85. The second-order valence-electron chi connectivity index (χ2n) is 3.31. The van der Waals surface area contributed by atoms with Crippen molar-refractivity contribution in [2.45, 2.75) is 17.7 Å². The van der Waals surface area contributed by atoms with E-state index in [1.165, 1.54) is 18.9 Å². The Bertz CT molecular complexity index is 507. The molecule has 0 aliphatic heterocycles. The highest BCUT2D eigenvalue weighted by molar-refractivity contribution is 7.98. The lowest BCUT2D eigenvalue weighted by Crippen LogP contribution is -2.00. The first-order valence-electron chi connectivity index (χ1n) is 4.87. The fraction of sp³-hybridized carbons (Fsp3) is 0.300. The summed E-state index contributed by atoms with van der Waals surface area (Å²) in [5.41, 5.74) is 0.771. The summed E-state index contributed by atoms with van der Waals surface area (Å²) in [6, 6.07) is 1.82. The smallest absolute Gasteiger partial charge is 0.374 e. The van der Waals surface area contributed by atoms with Crippen LogP contribution >= 0.6 is 11.8 Å². The zero-order valence-electron chi connectivity index (χ0n) is 9.39. The predicted octanol–water partition coefficient (Wildman–Crippen LogP) is 1.79. The highest BCUT2D eigenvalue weighted by atomic mass is 32.2. The van der Waals surface area contributed by atoms with Gasteiger partial charge in [-0.25, -0.2) is 4.79 Å². The summed E-state index contributed by atoms with van der Waals surface area (Å²) in [4.78, 5) is 11.3. The van der Waals surface area contributed by atoms with Crippen LogP contribution in [-0.2, 0) is 10.5 Å². The van der Waals surface area contributed by atoms with Gasteiger partial charge in [-0.15, -0.1) is 5.10 Å². The zero-order valence-corrected chi connectivity index (χ0v) is 10.2. The largest absolute Gasteiger partial charge is 0.463 e. The van der Waals surface area contributed by atoms with Crippen LogP contribution in [0.25, 0.3) is 0 Å². The monoisotopic (exact) mass is 253 g/mol. The molecule has 90 valence electrons. The Hall–Kier alpha value is -1.76. The second kappa shape index (κ2) is 5.05. The number of nitrogens with one attached hydrogen (secondary N) is 1. The van der Waals surface area contributed by atoms with Gasteiger partial charge < -0.3 is 9.15 Å². The molecule has 2 aromatic heterocycles. The van der Waals surface area contributed by atoms with Crippen molar-refractivity contribution in [1.82, 2.24) is 15.4 Å². The number of rotatable bonds is 4. The number of thioether (sulfide) groups is 1. The number of esters is 1. The van der Waals surface area contributed by atoms with Gasteiger partial charge in [-0.1, -0.05) is 11.8 Å². The standard InChI is InChI=1S/C10H11N3O3S/c1-6-3-7(16-9(6)10(14)15-2)5-17-8-4-11-13-12-8/h3-4H,5H2,1-2H3,(H,11,12,13). The number of hydrogen-bond donors (Lipinski definition) is 1. The number of methoxy groups -OCH3 is 1. The number of aromatic nitrogens is 3. The summed E-state index contributed by atoms with van der Waals surface area (Å²) < 4.78 is 10.0. The first kappa shape index (κ1) is 11.7. The number of furan rings is 1. The number of hydrogen-bond acceptors (Lipinski definition) is 6. The van der Waals surface area contributed by atoms with E-state index in [2.05, 4.69) is 20.1 Å². The molecule has 2 rings (SSSR count). The van der Waals surface area contributed by atoms with Crippen LogP contribution in [0.15, 0.2) is 21.7 Å². The molecule has 0 amide bonds. The van der Waals surface area contributed by atoms with Crippen molar-refractivity contribution in [3.8, 4) is 0 Å². The van der Waals surface area contributed by atoms with E-state index in [0.29, 0.717) is 11.5 Å². The van der Waals surface area contributed by atoms with Crippen molar-refractivity contribution in [2.24, 2.45) is 0 Å². The quantitative estimate of drug-likeness (QED) is 0.660. The molecule has 1 N–H and O–H groups in total. The molecular formula is C10H11N3O3S. The number of carbonyl (C=O) groups is 1. The third kappa shape index (κ3) is 2.68.